The van der Waals surface area contributed by atoms with Crippen molar-refractivity contribution in [2.45, 2.75) is 0 Å². The fourth-order valence-electron chi connectivity index (χ4n) is 17.4. The average molecular weight is 1440 g/mol. The summed E-state index contributed by atoms with van der Waals surface area (Å²) in [5.41, 5.74) is 25.4. The zero-order chi connectivity index (χ0) is 72.3. The second-order valence-electron chi connectivity index (χ2n) is 28.4. The summed E-state index contributed by atoms with van der Waals surface area (Å²) in [6.07, 6.45) is 0. The molecule has 514 valence electrons. The highest BCUT2D eigenvalue weighted by Gasteiger charge is 2.28. The van der Waals surface area contributed by atoms with E-state index in [0.717, 1.165) is 150 Å². The van der Waals surface area contributed by atoms with Crippen molar-refractivity contribution in [3.05, 3.63) is 388 Å². The highest BCUT2D eigenvalue weighted by atomic mass is 32.1. The normalized spacial score (nSPS) is 11.8. The molecule has 18 aromatic carbocycles. The van der Waals surface area contributed by atoms with E-state index in [0.29, 0.717) is 0 Å². The second kappa shape index (κ2) is 26.0. The van der Waals surface area contributed by atoms with Gasteiger partial charge < -0.3 is 18.6 Å². The average Bonchev–Trinajstić information content (AvgIpc) is 1.47. The van der Waals surface area contributed by atoms with Crippen LogP contribution < -0.4 is 9.80 Å². The van der Waals surface area contributed by atoms with Gasteiger partial charge in [-0.05, 0) is 174 Å². The lowest BCUT2D eigenvalue weighted by Crippen LogP contribution is -2.12. The van der Waals surface area contributed by atoms with Gasteiger partial charge in [0.05, 0.1) is 22.7 Å². The standard InChI is InChI=1S/C104H64N2O2S2/c1-2-31-72-65(25-1)26-19-41-76(72)79-32-3-10-48-91(79)106(71-30-18-28-68(62-71)74-40-21-47-88-84-37-9-16-56-100(84)110-104(74)88)94-51-13-6-35-82(94)87-46-24-54-97-103(87)90-60-58-69(63-98(90)108-97)73-39-20-43-77-75(73)42-22-44-78(77)80-33-4-11-49-92(80)105(70-29-17-27-66(61-70)67-57-59-85-83-36-8-15-55-99(83)109-101(85)64-67)93-50-12-5-34-81(93)86-45-23-53-96-102(86)89-38-7-14-52-95(89)107-96/h1-64H. The van der Waals surface area contributed by atoms with Crippen molar-refractivity contribution in [3.8, 4) is 77.9 Å². The SMILES string of the molecule is c1cc(-c2cccc3c2sc2ccccc23)cc(N(c2ccccc2-c2cccc3ccccc23)c2ccccc2-c2cccc3oc4cc(-c5cccc6c(-c7ccccc7N(c7cccc(-c8ccc9c(c8)sc8ccccc89)c7)c7ccccc7-c7cccc8oc9ccccc9c78)cccc56)ccc4c23)c1. The van der Waals surface area contributed by atoms with E-state index in [1.165, 1.54) is 67.8 Å². The third-order valence-corrected chi connectivity index (χ3v) is 24.7. The minimum absolute atomic E-state index is 0.821. The van der Waals surface area contributed by atoms with Crippen molar-refractivity contribution in [2.24, 2.45) is 0 Å². The van der Waals surface area contributed by atoms with Gasteiger partial charge in [0.15, 0.2) is 0 Å². The molecule has 0 N–H and O–H groups in total. The van der Waals surface area contributed by atoms with Gasteiger partial charge in [-0.3, -0.25) is 0 Å². The summed E-state index contributed by atoms with van der Waals surface area (Å²) in [6.45, 7) is 0. The molecule has 0 bridgehead atoms. The molecule has 22 aromatic rings. The van der Waals surface area contributed by atoms with Gasteiger partial charge >= 0.3 is 0 Å². The summed E-state index contributed by atoms with van der Waals surface area (Å²) in [6, 6.07) is 142. The van der Waals surface area contributed by atoms with E-state index in [4.69, 9.17) is 8.83 Å². The third kappa shape index (κ3) is 10.4. The highest BCUT2D eigenvalue weighted by molar-refractivity contribution is 7.26. The molecule has 0 aliphatic heterocycles. The predicted molar refractivity (Wildman–Crippen MR) is 469 cm³/mol. The van der Waals surface area contributed by atoms with E-state index in [2.05, 4.69) is 392 Å². The van der Waals surface area contributed by atoms with Crippen LogP contribution in [0.5, 0.6) is 0 Å². The van der Waals surface area contributed by atoms with Gasteiger partial charge in [0.2, 0.25) is 0 Å². The number of hydrogen-bond donors (Lipinski definition) is 0. The maximum Gasteiger partial charge on any atom is 0.136 e. The Morgan fingerprint density at radius 2 is 0.564 bits per heavy atom. The summed E-state index contributed by atoms with van der Waals surface area (Å²) in [7, 11) is 0. The molecule has 6 heteroatoms. The van der Waals surface area contributed by atoms with Crippen LogP contribution in [0.1, 0.15) is 0 Å². The molecule has 0 spiro atoms. The maximum atomic E-state index is 7.14. The number of benzene rings is 18. The van der Waals surface area contributed by atoms with E-state index in [9.17, 15) is 0 Å². The maximum absolute atomic E-state index is 7.14. The van der Waals surface area contributed by atoms with Gasteiger partial charge in [0.25, 0.3) is 0 Å². The Bertz CT molecular complexity index is 7470. The molecule has 22 rings (SSSR count). The van der Waals surface area contributed by atoms with E-state index in [-0.39, 0.29) is 0 Å². The fourth-order valence-corrected chi connectivity index (χ4v) is 19.8. The Kier molecular flexibility index (Phi) is 15.0. The summed E-state index contributed by atoms with van der Waals surface area (Å²) >= 11 is 3.72. The van der Waals surface area contributed by atoms with E-state index >= 15 is 0 Å². The first-order chi connectivity index (χ1) is 54.6. The molecule has 0 saturated carbocycles. The topological polar surface area (TPSA) is 32.8 Å². The molecule has 4 nitrogen and oxygen atoms in total. The summed E-state index contributed by atoms with van der Waals surface area (Å²) < 4.78 is 18.9. The summed E-state index contributed by atoms with van der Waals surface area (Å²) in [5, 5.41) is 14.1. The molecule has 0 saturated heterocycles. The van der Waals surface area contributed by atoms with Gasteiger partial charge in [-0.15, -0.1) is 22.7 Å². The Labute approximate surface area is 642 Å². The van der Waals surface area contributed by atoms with E-state index < -0.39 is 0 Å². The van der Waals surface area contributed by atoms with Crippen LogP contribution in [0.4, 0.5) is 34.1 Å². The number of anilines is 6. The zero-order valence-corrected chi connectivity index (χ0v) is 61.1. The fraction of sp³-hybridized carbons (Fsp3) is 0. The molecule has 4 aromatic heterocycles. The van der Waals surface area contributed by atoms with Crippen LogP contribution >= 0.6 is 22.7 Å². The first kappa shape index (κ1) is 63.4. The molecule has 0 fully saturated rings. The van der Waals surface area contributed by atoms with Crippen molar-refractivity contribution in [2.75, 3.05) is 9.80 Å². The Hall–Kier alpha value is -13.9. The number of hydrogen-bond acceptors (Lipinski definition) is 6. The highest BCUT2D eigenvalue weighted by Crippen LogP contribution is 2.53. The van der Waals surface area contributed by atoms with Crippen LogP contribution in [0, 0.1) is 0 Å². The van der Waals surface area contributed by atoms with E-state index in [1.807, 2.05) is 28.7 Å². The molecule has 0 radical (unpaired) electrons. The van der Waals surface area contributed by atoms with Crippen LogP contribution in [0.2, 0.25) is 0 Å². The van der Waals surface area contributed by atoms with Crippen LogP contribution in [-0.4, -0.2) is 0 Å². The molecule has 4 heterocycles. The Balaban J connectivity index is 0.678. The van der Waals surface area contributed by atoms with Crippen LogP contribution in [-0.2, 0) is 0 Å². The minimum atomic E-state index is 0.821. The molecule has 110 heavy (non-hydrogen) atoms. The lowest BCUT2D eigenvalue weighted by molar-refractivity contribution is 0.668. The van der Waals surface area contributed by atoms with Gasteiger partial charge in [0.1, 0.15) is 22.3 Å². The van der Waals surface area contributed by atoms with Crippen LogP contribution in [0.15, 0.2) is 397 Å². The summed E-state index contributed by atoms with van der Waals surface area (Å²) in [4.78, 5) is 4.97. The number of rotatable bonds is 13. The monoisotopic (exact) mass is 1440 g/mol. The largest absolute Gasteiger partial charge is 0.456 e. The van der Waals surface area contributed by atoms with Crippen LogP contribution in [0.25, 0.3) is 184 Å². The molecule has 0 aliphatic carbocycles. The van der Waals surface area contributed by atoms with Gasteiger partial charge in [-0.25, -0.2) is 0 Å². The van der Waals surface area contributed by atoms with Crippen molar-refractivity contribution < 1.29 is 8.83 Å². The lowest BCUT2D eigenvalue weighted by Gasteiger charge is -2.30. The lowest BCUT2D eigenvalue weighted by atomic mass is 9.91. The predicted octanol–water partition coefficient (Wildman–Crippen LogP) is 31.1. The first-order valence-corrected chi connectivity index (χ1v) is 39.1. The van der Waals surface area contributed by atoms with Gasteiger partial charge in [-0.1, -0.05) is 291 Å². The number of fused-ring (bicyclic) bond motifs is 14. The van der Waals surface area contributed by atoms with E-state index in [1.54, 1.807) is 0 Å². The quantitative estimate of drug-likeness (QED) is 0.115. The van der Waals surface area contributed by atoms with Gasteiger partial charge in [0, 0.05) is 95.5 Å². The Morgan fingerprint density at radius 1 is 0.191 bits per heavy atom. The molecule has 0 atom stereocenters. The number of furan rings is 2. The van der Waals surface area contributed by atoms with Crippen molar-refractivity contribution in [1.29, 1.82) is 0 Å². The smallest absolute Gasteiger partial charge is 0.136 e. The van der Waals surface area contributed by atoms with Crippen molar-refractivity contribution in [1.82, 2.24) is 0 Å². The van der Waals surface area contributed by atoms with Crippen molar-refractivity contribution >= 4 is 163 Å². The Morgan fingerprint density at radius 3 is 1.23 bits per heavy atom. The molecular weight excluding hydrogens is 1370 g/mol. The molecular formula is C104H64N2O2S2. The van der Waals surface area contributed by atoms with Crippen LogP contribution in [0.3, 0.4) is 0 Å². The number of para-hydroxylation sites is 5. The minimum Gasteiger partial charge on any atom is -0.456 e. The molecule has 0 unspecified atom stereocenters. The second-order valence-corrected chi connectivity index (χ2v) is 30.6. The number of thiophene rings is 2. The molecule has 0 aliphatic rings. The summed E-state index contributed by atoms with van der Waals surface area (Å²) in [5.74, 6) is 0. The van der Waals surface area contributed by atoms with Gasteiger partial charge in [-0.2, -0.15) is 0 Å². The zero-order valence-electron chi connectivity index (χ0n) is 59.5. The first-order valence-electron chi connectivity index (χ1n) is 37.4. The molecule has 0 amide bonds. The van der Waals surface area contributed by atoms with Crippen molar-refractivity contribution in [3.63, 3.8) is 0 Å². The number of nitrogens with zero attached hydrogens (tertiary/aromatic N) is 2. The third-order valence-electron chi connectivity index (χ3n) is 22.3.